The molecule has 2 amide bonds. The number of aromatic nitrogens is 2. The summed E-state index contributed by atoms with van der Waals surface area (Å²) < 4.78 is 44.9. The molecule has 3 saturated heterocycles. The molecule has 4 heterocycles. The first kappa shape index (κ1) is 25.3. The zero-order valence-electron chi connectivity index (χ0n) is 21.1. The summed E-state index contributed by atoms with van der Waals surface area (Å²) in [4.78, 5) is 25.1. The van der Waals surface area contributed by atoms with E-state index in [-0.39, 0.29) is 61.0 Å². The maximum absolute atomic E-state index is 13.4. The number of likely N-dealkylation sites (tertiary alicyclic amines) is 1. The first-order valence-electron chi connectivity index (χ1n) is 13.1. The van der Waals surface area contributed by atoms with Crippen LogP contribution in [-0.2, 0) is 0 Å². The molecule has 12 heteroatoms. The standard InChI is InChI=1S/C26H32F3N7O2/c1-38-24-30-9-17(10-31-24)23-18-7-16-11-36(25(37)32-20(16)8-21(18)33-34-23)22-13-35(14-26(27,28)29)12-19(22)15-5-3-2-4-6-15/h2-6,9-10,16,18-23,33-34H,7-8,11-14H2,1H3,(H,32,37)/t16?,18?,19-,20?,21?,22+,23?/m0/s1. The number of urea groups is 1. The van der Waals surface area contributed by atoms with E-state index in [4.69, 9.17) is 4.74 Å². The Morgan fingerprint density at radius 3 is 2.47 bits per heavy atom. The fourth-order valence-electron chi connectivity index (χ4n) is 6.91. The van der Waals surface area contributed by atoms with Gasteiger partial charge in [-0.25, -0.2) is 20.2 Å². The highest BCUT2D eigenvalue weighted by Gasteiger charge is 2.51. The maximum atomic E-state index is 13.4. The molecule has 9 nitrogen and oxygen atoms in total. The molecule has 4 fully saturated rings. The number of hydrogen-bond donors (Lipinski definition) is 3. The van der Waals surface area contributed by atoms with Crippen LogP contribution < -0.4 is 20.9 Å². The minimum atomic E-state index is -4.29. The van der Waals surface area contributed by atoms with Gasteiger partial charge in [0.05, 0.1) is 25.7 Å². The van der Waals surface area contributed by atoms with Crippen molar-refractivity contribution in [1.82, 2.24) is 35.9 Å². The van der Waals surface area contributed by atoms with Crippen LogP contribution in [0.1, 0.15) is 35.9 Å². The average Bonchev–Trinajstić information content (AvgIpc) is 3.50. The van der Waals surface area contributed by atoms with Gasteiger partial charge < -0.3 is 15.0 Å². The first-order chi connectivity index (χ1) is 18.3. The molecule has 1 saturated carbocycles. The van der Waals surface area contributed by atoms with Gasteiger partial charge in [0.25, 0.3) is 0 Å². The molecule has 6 rings (SSSR count). The second-order valence-corrected chi connectivity index (χ2v) is 10.9. The van der Waals surface area contributed by atoms with Gasteiger partial charge >= 0.3 is 18.2 Å². The summed E-state index contributed by atoms with van der Waals surface area (Å²) >= 11 is 0. The lowest BCUT2D eigenvalue weighted by Crippen LogP contribution is -2.63. The first-order valence-corrected chi connectivity index (χ1v) is 13.1. The number of amides is 2. The van der Waals surface area contributed by atoms with E-state index in [1.54, 1.807) is 17.3 Å². The highest BCUT2D eigenvalue weighted by Crippen LogP contribution is 2.43. The van der Waals surface area contributed by atoms with Crippen LogP contribution in [0, 0.1) is 11.8 Å². The third-order valence-electron chi connectivity index (χ3n) is 8.61. The average molecular weight is 532 g/mol. The molecular formula is C26H32F3N7O2. The third-order valence-corrected chi connectivity index (χ3v) is 8.61. The van der Waals surface area contributed by atoms with Gasteiger partial charge in [0.2, 0.25) is 0 Å². The highest BCUT2D eigenvalue weighted by molar-refractivity contribution is 5.76. The minimum Gasteiger partial charge on any atom is -0.467 e. The third kappa shape index (κ3) is 4.92. The van der Waals surface area contributed by atoms with Crippen molar-refractivity contribution in [3.8, 4) is 6.01 Å². The van der Waals surface area contributed by atoms with Gasteiger partial charge in [-0.15, -0.1) is 0 Å². The summed E-state index contributed by atoms with van der Waals surface area (Å²) in [5, 5.41) is 3.20. The van der Waals surface area contributed by atoms with Crippen molar-refractivity contribution in [2.75, 3.05) is 33.3 Å². The number of hydrogen-bond acceptors (Lipinski definition) is 7. The number of nitrogens with zero attached hydrogens (tertiary/aromatic N) is 4. The van der Waals surface area contributed by atoms with E-state index in [0.29, 0.717) is 12.6 Å². The fraction of sp³-hybridized carbons (Fsp3) is 0.577. The number of rotatable bonds is 5. The predicted octanol–water partition coefficient (Wildman–Crippen LogP) is 2.45. The van der Waals surface area contributed by atoms with Crippen molar-refractivity contribution in [2.24, 2.45) is 11.8 Å². The molecule has 1 aromatic heterocycles. The van der Waals surface area contributed by atoms with Crippen LogP contribution in [0.2, 0.25) is 0 Å². The van der Waals surface area contributed by atoms with Gasteiger partial charge in [-0.3, -0.25) is 10.3 Å². The topological polar surface area (TPSA) is 94.6 Å². The molecule has 204 valence electrons. The van der Waals surface area contributed by atoms with Crippen molar-refractivity contribution >= 4 is 6.03 Å². The number of alkyl halides is 3. The summed E-state index contributed by atoms with van der Waals surface area (Å²) in [6.07, 6.45) is 0.895. The fourth-order valence-corrected chi connectivity index (χ4v) is 6.91. The van der Waals surface area contributed by atoms with Crippen LogP contribution in [0.25, 0.3) is 0 Å². The molecule has 38 heavy (non-hydrogen) atoms. The molecule has 0 spiro atoms. The van der Waals surface area contributed by atoms with E-state index in [2.05, 4.69) is 26.1 Å². The predicted molar refractivity (Wildman–Crippen MR) is 132 cm³/mol. The van der Waals surface area contributed by atoms with Crippen LogP contribution >= 0.6 is 0 Å². The van der Waals surface area contributed by atoms with Crippen LogP contribution in [0.15, 0.2) is 42.7 Å². The van der Waals surface area contributed by atoms with Crippen LogP contribution in [0.3, 0.4) is 0 Å². The molecular weight excluding hydrogens is 499 g/mol. The Labute approximate surface area is 219 Å². The second-order valence-electron chi connectivity index (χ2n) is 10.9. The number of nitrogens with one attached hydrogen (secondary N) is 3. The number of methoxy groups -OCH3 is 1. The van der Waals surface area contributed by atoms with Crippen LogP contribution in [0.5, 0.6) is 6.01 Å². The van der Waals surface area contributed by atoms with Gasteiger partial charge in [0, 0.05) is 55.6 Å². The Kier molecular flexibility index (Phi) is 6.65. The van der Waals surface area contributed by atoms with Crippen molar-refractivity contribution < 1.29 is 22.7 Å². The summed E-state index contributed by atoms with van der Waals surface area (Å²) in [5.74, 6) is 0.266. The van der Waals surface area contributed by atoms with Gasteiger partial charge in [0.15, 0.2) is 0 Å². The van der Waals surface area contributed by atoms with E-state index >= 15 is 0 Å². The maximum Gasteiger partial charge on any atom is 0.401 e. The molecule has 3 N–H and O–H groups in total. The van der Waals surface area contributed by atoms with Crippen LogP contribution in [-0.4, -0.2) is 83.4 Å². The Balaban J connectivity index is 1.21. The van der Waals surface area contributed by atoms with E-state index < -0.39 is 12.7 Å². The summed E-state index contributed by atoms with van der Waals surface area (Å²) in [6, 6.07) is 9.60. The number of benzene rings is 1. The molecule has 3 aliphatic heterocycles. The van der Waals surface area contributed by atoms with Crippen molar-refractivity contribution in [3.05, 3.63) is 53.9 Å². The molecule has 1 aliphatic carbocycles. The number of fused-ring (bicyclic) bond motifs is 2. The Morgan fingerprint density at radius 2 is 1.76 bits per heavy atom. The van der Waals surface area contributed by atoms with Crippen molar-refractivity contribution in [2.45, 2.75) is 49.1 Å². The zero-order chi connectivity index (χ0) is 26.4. The van der Waals surface area contributed by atoms with Gasteiger partial charge in [-0.05, 0) is 30.2 Å². The van der Waals surface area contributed by atoms with Crippen molar-refractivity contribution in [3.63, 3.8) is 0 Å². The number of carbonyl (C=O) groups is 1. The lowest BCUT2D eigenvalue weighted by atomic mass is 9.71. The minimum absolute atomic E-state index is 0.0167. The Bertz CT molecular complexity index is 1140. The van der Waals surface area contributed by atoms with Gasteiger partial charge in [-0.1, -0.05) is 30.3 Å². The van der Waals surface area contributed by atoms with E-state index in [9.17, 15) is 18.0 Å². The van der Waals surface area contributed by atoms with Crippen LogP contribution in [0.4, 0.5) is 18.0 Å². The smallest absolute Gasteiger partial charge is 0.401 e. The number of ether oxygens (including phenoxy) is 1. The normalized spacial score (nSPS) is 33.5. The van der Waals surface area contributed by atoms with E-state index in [1.165, 1.54) is 12.0 Å². The molecule has 0 bridgehead atoms. The quantitative estimate of drug-likeness (QED) is 0.546. The molecule has 1 aromatic carbocycles. The van der Waals surface area contributed by atoms with Gasteiger partial charge in [-0.2, -0.15) is 13.2 Å². The SMILES string of the molecule is COc1ncc(C2NNC3CC4NC(=O)N([C@@H]5CN(CC(F)(F)F)C[C@H]5c5ccccc5)CC4CC32)cn1. The molecule has 2 aromatic rings. The largest absolute Gasteiger partial charge is 0.467 e. The summed E-state index contributed by atoms with van der Waals surface area (Å²) in [7, 11) is 1.53. The van der Waals surface area contributed by atoms with E-state index in [1.807, 2.05) is 30.3 Å². The summed E-state index contributed by atoms with van der Waals surface area (Å²) in [5.41, 5.74) is 8.70. The second kappa shape index (κ2) is 9.97. The van der Waals surface area contributed by atoms with Crippen molar-refractivity contribution in [1.29, 1.82) is 0 Å². The molecule has 0 radical (unpaired) electrons. The number of carbonyl (C=O) groups excluding carboxylic acids is 1. The monoisotopic (exact) mass is 531 g/mol. The lowest BCUT2D eigenvalue weighted by Gasteiger charge is -2.48. The Hall–Kier alpha value is -2.96. The molecule has 7 atom stereocenters. The Morgan fingerprint density at radius 1 is 1.00 bits per heavy atom. The number of halogens is 3. The zero-order valence-corrected chi connectivity index (χ0v) is 21.1. The summed E-state index contributed by atoms with van der Waals surface area (Å²) in [6.45, 7) is 0.0233. The van der Waals surface area contributed by atoms with Gasteiger partial charge in [0.1, 0.15) is 0 Å². The number of hydrazine groups is 1. The molecule has 4 aliphatic rings. The lowest BCUT2D eigenvalue weighted by molar-refractivity contribution is -0.143. The molecule has 5 unspecified atom stereocenters. The highest BCUT2D eigenvalue weighted by atomic mass is 19.4. The van der Waals surface area contributed by atoms with E-state index in [0.717, 1.165) is 24.0 Å².